The molecule has 1 aliphatic carbocycles. The molecule has 1 aromatic heterocycles. The maximum absolute atomic E-state index is 11.1. The van der Waals surface area contributed by atoms with E-state index < -0.39 is 0 Å². The largest absolute Gasteiger partial charge is 0.370 e. The van der Waals surface area contributed by atoms with E-state index in [4.69, 9.17) is 0 Å². The van der Waals surface area contributed by atoms with E-state index >= 15 is 0 Å². The number of aromatic nitrogens is 1. The Hall–Kier alpha value is -1.85. The van der Waals surface area contributed by atoms with Crippen molar-refractivity contribution in [3.63, 3.8) is 0 Å². The Kier molecular flexibility index (Phi) is 3.87. The first-order chi connectivity index (χ1) is 9.10. The molecule has 1 saturated carbocycles. The van der Waals surface area contributed by atoms with Gasteiger partial charge in [0.25, 0.3) is 0 Å². The highest BCUT2D eigenvalue weighted by Gasteiger charge is 2.37. The highest BCUT2D eigenvalue weighted by molar-refractivity contribution is 5.61. The third-order valence-electron chi connectivity index (χ3n) is 3.80. The first-order valence-electron chi connectivity index (χ1n) is 6.78. The van der Waals surface area contributed by atoms with Crippen molar-refractivity contribution >= 4 is 17.3 Å². The van der Waals surface area contributed by atoms with Crippen LogP contribution in [0.15, 0.2) is 12.1 Å². The van der Waals surface area contributed by atoms with Gasteiger partial charge in [-0.1, -0.05) is 6.92 Å². The van der Waals surface area contributed by atoms with Crippen LogP contribution >= 0.6 is 0 Å². The van der Waals surface area contributed by atoms with E-state index in [9.17, 15) is 10.1 Å². The summed E-state index contributed by atoms with van der Waals surface area (Å²) in [5.74, 6) is 1.05. The summed E-state index contributed by atoms with van der Waals surface area (Å²) < 4.78 is 0. The van der Waals surface area contributed by atoms with Gasteiger partial charge in [-0.05, 0) is 38.7 Å². The highest BCUT2D eigenvalue weighted by atomic mass is 16.6. The lowest BCUT2D eigenvalue weighted by Gasteiger charge is -2.42. The zero-order valence-electron chi connectivity index (χ0n) is 11.4. The lowest BCUT2D eigenvalue weighted by Crippen LogP contribution is -2.44. The first kappa shape index (κ1) is 13.6. The third kappa shape index (κ3) is 2.77. The van der Waals surface area contributed by atoms with Crippen molar-refractivity contribution < 1.29 is 4.92 Å². The summed E-state index contributed by atoms with van der Waals surface area (Å²) >= 11 is 0. The number of nitrogens with zero attached hydrogens (tertiary/aromatic N) is 2. The molecular weight excluding hydrogens is 244 g/mol. The van der Waals surface area contributed by atoms with Gasteiger partial charge < -0.3 is 10.6 Å². The van der Waals surface area contributed by atoms with E-state index in [0.717, 1.165) is 25.8 Å². The van der Waals surface area contributed by atoms with Gasteiger partial charge in [-0.15, -0.1) is 0 Å². The minimum atomic E-state index is -0.382. The van der Waals surface area contributed by atoms with Crippen LogP contribution in [0, 0.1) is 10.1 Å². The van der Waals surface area contributed by atoms with E-state index in [1.165, 1.54) is 12.5 Å². The van der Waals surface area contributed by atoms with Gasteiger partial charge in [-0.2, -0.15) is 0 Å². The van der Waals surface area contributed by atoms with Crippen LogP contribution in [0.4, 0.5) is 17.3 Å². The van der Waals surface area contributed by atoms with Gasteiger partial charge in [0.2, 0.25) is 5.82 Å². The Balaban J connectivity index is 2.29. The molecule has 1 aliphatic rings. The quantitative estimate of drug-likeness (QED) is 0.609. The summed E-state index contributed by atoms with van der Waals surface area (Å²) in [5.41, 5.74) is 0.0316. The second-order valence-corrected chi connectivity index (χ2v) is 4.96. The van der Waals surface area contributed by atoms with Crippen LogP contribution < -0.4 is 10.6 Å². The van der Waals surface area contributed by atoms with Crippen LogP contribution in [0.5, 0.6) is 0 Å². The van der Waals surface area contributed by atoms with Crippen molar-refractivity contribution in [1.82, 2.24) is 4.98 Å². The predicted octanol–water partition coefficient (Wildman–Crippen LogP) is 3.17. The molecule has 0 aromatic carbocycles. The van der Waals surface area contributed by atoms with Crippen LogP contribution in [0.2, 0.25) is 0 Å². The maximum atomic E-state index is 11.1. The second-order valence-electron chi connectivity index (χ2n) is 4.96. The number of hydrogen-bond donors (Lipinski definition) is 2. The zero-order valence-corrected chi connectivity index (χ0v) is 11.4. The number of nitro groups is 1. The Bertz CT molecular complexity index is 466. The van der Waals surface area contributed by atoms with Crippen LogP contribution in [-0.2, 0) is 0 Å². The van der Waals surface area contributed by atoms with Crippen LogP contribution in [0.25, 0.3) is 0 Å². The summed E-state index contributed by atoms with van der Waals surface area (Å²) in [4.78, 5) is 15.0. The van der Waals surface area contributed by atoms with Gasteiger partial charge in [0.05, 0.1) is 4.92 Å². The molecule has 1 heterocycles. The minimum Gasteiger partial charge on any atom is -0.370 e. The standard InChI is InChI=1S/C13H20N4O2/c1-3-13(8-5-9-13)16-12-10(17(18)19)6-7-11(15-12)14-4-2/h6-7H,3-5,8-9H2,1-2H3,(H2,14,15,16). The molecule has 0 saturated heterocycles. The fraction of sp³-hybridized carbons (Fsp3) is 0.615. The van der Waals surface area contributed by atoms with Gasteiger partial charge in [0, 0.05) is 18.2 Å². The molecule has 19 heavy (non-hydrogen) atoms. The van der Waals surface area contributed by atoms with Gasteiger partial charge in [-0.3, -0.25) is 10.1 Å². The van der Waals surface area contributed by atoms with Crippen LogP contribution in [0.3, 0.4) is 0 Å². The second kappa shape index (κ2) is 5.42. The van der Waals surface area contributed by atoms with E-state index in [2.05, 4.69) is 22.5 Å². The average Bonchev–Trinajstić information content (AvgIpc) is 2.34. The zero-order chi connectivity index (χ0) is 13.9. The van der Waals surface area contributed by atoms with E-state index in [1.54, 1.807) is 6.07 Å². The predicted molar refractivity (Wildman–Crippen MR) is 75.6 cm³/mol. The molecule has 0 spiro atoms. The molecular formula is C13H20N4O2. The van der Waals surface area contributed by atoms with Gasteiger partial charge in [0.15, 0.2) is 0 Å². The van der Waals surface area contributed by atoms with Crippen LogP contribution in [-0.4, -0.2) is 22.0 Å². The van der Waals surface area contributed by atoms with Crippen LogP contribution in [0.1, 0.15) is 39.5 Å². The summed E-state index contributed by atoms with van der Waals surface area (Å²) in [6, 6.07) is 3.15. The highest BCUT2D eigenvalue weighted by Crippen LogP contribution is 2.39. The molecule has 0 radical (unpaired) electrons. The van der Waals surface area contributed by atoms with Gasteiger partial charge in [0.1, 0.15) is 5.82 Å². The van der Waals surface area contributed by atoms with Gasteiger partial charge >= 0.3 is 5.69 Å². The number of nitrogens with one attached hydrogen (secondary N) is 2. The topological polar surface area (TPSA) is 80.1 Å². The minimum absolute atomic E-state index is 0.0113. The van der Waals surface area contributed by atoms with Crippen molar-refractivity contribution in [3.8, 4) is 0 Å². The van der Waals surface area contributed by atoms with E-state index in [1.807, 2.05) is 6.92 Å². The Morgan fingerprint density at radius 3 is 2.63 bits per heavy atom. The molecule has 2 rings (SSSR count). The maximum Gasteiger partial charge on any atom is 0.311 e. The summed E-state index contributed by atoms with van der Waals surface area (Å²) in [6.07, 6.45) is 4.22. The molecule has 0 atom stereocenters. The lowest BCUT2D eigenvalue weighted by molar-refractivity contribution is -0.384. The normalized spacial score (nSPS) is 16.5. The number of rotatable bonds is 6. The van der Waals surface area contributed by atoms with Crippen molar-refractivity contribution in [2.75, 3.05) is 17.2 Å². The molecule has 6 heteroatoms. The molecule has 0 amide bonds. The summed E-state index contributed by atoms with van der Waals surface area (Å²) in [5, 5.41) is 17.5. The number of pyridine rings is 1. The molecule has 104 valence electrons. The Labute approximate surface area is 112 Å². The summed E-state index contributed by atoms with van der Waals surface area (Å²) in [7, 11) is 0. The average molecular weight is 264 g/mol. The van der Waals surface area contributed by atoms with Crippen molar-refractivity contribution in [2.24, 2.45) is 0 Å². The molecule has 0 unspecified atom stereocenters. The Morgan fingerprint density at radius 1 is 1.42 bits per heavy atom. The first-order valence-corrected chi connectivity index (χ1v) is 6.78. The monoisotopic (exact) mass is 264 g/mol. The molecule has 1 aromatic rings. The summed E-state index contributed by atoms with van der Waals surface area (Å²) in [6.45, 7) is 4.81. The van der Waals surface area contributed by atoms with Gasteiger partial charge in [-0.25, -0.2) is 4.98 Å². The Morgan fingerprint density at radius 2 is 2.16 bits per heavy atom. The smallest absolute Gasteiger partial charge is 0.311 e. The van der Waals surface area contributed by atoms with E-state index in [0.29, 0.717) is 11.6 Å². The fourth-order valence-electron chi connectivity index (χ4n) is 2.39. The molecule has 2 N–H and O–H groups in total. The number of hydrogen-bond acceptors (Lipinski definition) is 5. The molecule has 0 aliphatic heterocycles. The van der Waals surface area contributed by atoms with E-state index in [-0.39, 0.29) is 16.1 Å². The lowest BCUT2D eigenvalue weighted by atomic mass is 9.75. The van der Waals surface area contributed by atoms with Crippen molar-refractivity contribution in [1.29, 1.82) is 0 Å². The SMILES string of the molecule is CCNc1ccc([N+](=O)[O-])c(NC2(CC)CCC2)n1. The van der Waals surface area contributed by atoms with Crippen molar-refractivity contribution in [2.45, 2.75) is 45.1 Å². The number of anilines is 2. The molecule has 6 nitrogen and oxygen atoms in total. The third-order valence-corrected chi connectivity index (χ3v) is 3.80. The fourth-order valence-corrected chi connectivity index (χ4v) is 2.39. The molecule has 1 fully saturated rings. The van der Waals surface area contributed by atoms with Crippen molar-refractivity contribution in [3.05, 3.63) is 22.2 Å². The molecule has 0 bridgehead atoms.